The molecule has 0 bridgehead atoms. The maximum Gasteiger partial charge on any atom is 0.190 e. The first-order valence-corrected chi connectivity index (χ1v) is 8.31. The van der Waals surface area contributed by atoms with Gasteiger partial charge in [-0.1, -0.05) is 36.4 Å². The number of hydrogen-bond donors (Lipinski definition) is 1. The van der Waals surface area contributed by atoms with E-state index in [0.717, 1.165) is 18.7 Å². The molecule has 0 fully saturated rings. The maximum absolute atomic E-state index is 5.48. The molecule has 21 heavy (non-hydrogen) atoms. The van der Waals surface area contributed by atoms with Crippen LogP contribution in [0.5, 0.6) is 0 Å². The van der Waals surface area contributed by atoms with E-state index in [2.05, 4.69) is 35.0 Å². The Morgan fingerprint density at radius 3 is 2.81 bits per heavy atom. The molecule has 1 N–H and O–H groups in total. The van der Waals surface area contributed by atoms with Gasteiger partial charge in [-0.15, -0.1) is 11.3 Å². The minimum absolute atomic E-state index is 0.201. The zero-order valence-electron chi connectivity index (χ0n) is 11.8. The second kappa shape index (κ2) is 6.37. The topological polar surface area (TPSA) is 27.6 Å². The Bertz CT molecular complexity index is 635. The van der Waals surface area contributed by atoms with Gasteiger partial charge in [0.2, 0.25) is 0 Å². The standard InChI is InChI=1S/C16H17N3S2/c1-2-17-16(20)19-14(15-9-6-10-21-15)11-13(18-19)12-7-4-3-5-8-12/h3-10,14H,2,11H2,1H3,(H,17,20). The Morgan fingerprint density at radius 1 is 1.33 bits per heavy atom. The van der Waals surface area contributed by atoms with Crippen LogP contribution in [0.15, 0.2) is 52.9 Å². The fourth-order valence-corrected chi connectivity index (χ4v) is 3.56. The van der Waals surface area contributed by atoms with Crippen LogP contribution in [-0.4, -0.2) is 22.4 Å². The predicted octanol–water partition coefficient (Wildman–Crippen LogP) is 3.79. The average molecular weight is 315 g/mol. The smallest absolute Gasteiger partial charge is 0.190 e. The van der Waals surface area contributed by atoms with Crippen molar-refractivity contribution in [3.63, 3.8) is 0 Å². The molecule has 108 valence electrons. The molecule has 3 rings (SSSR count). The summed E-state index contributed by atoms with van der Waals surface area (Å²) in [5.74, 6) is 0. The Balaban J connectivity index is 1.91. The van der Waals surface area contributed by atoms with Gasteiger partial charge in [0.1, 0.15) is 0 Å². The van der Waals surface area contributed by atoms with Gasteiger partial charge in [0.05, 0.1) is 11.8 Å². The van der Waals surface area contributed by atoms with Crippen LogP contribution in [0.3, 0.4) is 0 Å². The highest BCUT2D eigenvalue weighted by atomic mass is 32.1. The van der Waals surface area contributed by atoms with Crippen molar-refractivity contribution in [1.29, 1.82) is 0 Å². The summed E-state index contributed by atoms with van der Waals surface area (Å²) in [4.78, 5) is 1.30. The van der Waals surface area contributed by atoms with E-state index in [1.165, 1.54) is 10.4 Å². The largest absolute Gasteiger partial charge is 0.361 e. The van der Waals surface area contributed by atoms with Crippen LogP contribution in [0, 0.1) is 0 Å². The van der Waals surface area contributed by atoms with E-state index in [9.17, 15) is 0 Å². The van der Waals surface area contributed by atoms with Crippen LogP contribution in [0.2, 0.25) is 0 Å². The first-order chi connectivity index (χ1) is 10.3. The van der Waals surface area contributed by atoms with E-state index < -0.39 is 0 Å². The number of hydrazone groups is 1. The van der Waals surface area contributed by atoms with Crippen LogP contribution in [-0.2, 0) is 0 Å². The molecule has 2 aromatic rings. The molecule has 0 spiro atoms. The summed E-state index contributed by atoms with van der Waals surface area (Å²) in [6.07, 6.45) is 0.885. The van der Waals surface area contributed by atoms with Gasteiger partial charge >= 0.3 is 0 Å². The molecule has 0 aliphatic carbocycles. The van der Waals surface area contributed by atoms with Gasteiger partial charge in [0.25, 0.3) is 0 Å². The minimum atomic E-state index is 0.201. The van der Waals surface area contributed by atoms with Crippen molar-refractivity contribution in [3.05, 3.63) is 58.3 Å². The van der Waals surface area contributed by atoms with Crippen LogP contribution in [0.25, 0.3) is 0 Å². The van der Waals surface area contributed by atoms with Crippen molar-refractivity contribution in [2.75, 3.05) is 6.54 Å². The van der Waals surface area contributed by atoms with Gasteiger partial charge in [-0.3, -0.25) is 0 Å². The molecule has 3 nitrogen and oxygen atoms in total. The summed E-state index contributed by atoms with van der Waals surface area (Å²) in [6.45, 7) is 2.85. The van der Waals surface area contributed by atoms with E-state index in [4.69, 9.17) is 17.3 Å². The number of nitrogens with one attached hydrogen (secondary N) is 1. The van der Waals surface area contributed by atoms with Crippen molar-refractivity contribution in [2.45, 2.75) is 19.4 Å². The summed E-state index contributed by atoms with van der Waals surface area (Å²) >= 11 is 7.23. The van der Waals surface area contributed by atoms with Gasteiger partial charge in [0, 0.05) is 17.8 Å². The molecule has 0 radical (unpaired) electrons. The molecular formula is C16H17N3S2. The fourth-order valence-electron chi connectivity index (χ4n) is 2.44. The fraction of sp³-hybridized carbons (Fsp3) is 0.250. The Hall–Kier alpha value is -1.72. The molecule has 5 heteroatoms. The van der Waals surface area contributed by atoms with Crippen molar-refractivity contribution in [1.82, 2.24) is 10.3 Å². The van der Waals surface area contributed by atoms with Crippen molar-refractivity contribution in [2.24, 2.45) is 5.10 Å². The number of hydrogen-bond acceptors (Lipinski definition) is 3. The van der Waals surface area contributed by atoms with Crippen LogP contribution in [0.4, 0.5) is 0 Å². The zero-order chi connectivity index (χ0) is 14.7. The lowest BCUT2D eigenvalue weighted by molar-refractivity contribution is 0.369. The molecule has 0 saturated heterocycles. The summed E-state index contributed by atoms with van der Waals surface area (Å²) in [5, 5.41) is 12.7. The van der Waals surface area contributed by atoms with Crippen molar-refractivity contribution >= 4 is 34.4 Å². The lowest BCUT2D eigenvalue weighted by Gasteiger charge is -2.23. The Kier molecular flexibility index (Phi) is 4.31. The first kappa shape index (κ1) is 14.2. The molecule has 0 amide bonds. The molecule has 1 aromatic heterocycles. The second-order valence-electron chi connectivity index (χ2n) is 4.83. The number of nitrogens with zero attached hydrogens (tertiary/aromatic N) is 2. The predicted molar refractivity (Wildman–Crippen MR) is 92.8 cm³/mol. The molecule has 1 aromatic carbocycles. The lowest BCUT2D eigenvalue weighted by Crippen LogP contribution is -2.36. The van der Waals surface area contributed by atoms with E-state index in [-0.39, 0.29) is 6.04 Å². The third-order valence-electron chi connectivity index (χ3n) is 3.43. The van der Waals surface area contributed by atoms with E-state index in [1.807, 2.05) is 30.1 Å². The van der Waals surface area contributed by atoms with Gasteiger partial charge in [-0.2, -0.15) is 5.10 Å². The molecule has 0 saturated carbocycles. The zero-order valence-corrected chi connectivity index (χ0v) is 13.5. The molecule has 1 aliphatic heterocycles. The summed E-state index contributed by atoms with van der Waals surface area (Å²) in [7, 11) is 0. The van der Waals surface area contributed by atoms with Crippen molar-refractivity contribution in [3.8, 4) is 0 Å². The third kappa shape index (κ3) is 2.99. The number of thiocarbonyl (C=S) groups is 1. The normalized spacial score (nSPS) is 17.7. The Morgan fingerprint density at radius 2 is 2.14 bits per heavy atom. The second-order valence-corrected chi connectivity index (χ2v) is 6.19. The average Bonchev–Trinajstić information content (AvgIpc) is 3.17. The van der Waals surface area contributed by atoms with Gasteiger partial charge in [-0.05, 0) is 36.2 Å². The van der Waals surface area contributed by atoms with E-state index in [1.54, 1.807) is 11.3 Å². The number of rotatable bonds is 3. The molecule has 2 heterocycles. The maximum atomic E-state index is 5.48. The molecular weight excluding hydrogens is 298 g/mol. The van der Waals surface area contributed by atoms with Crippen LogP contribution >= 0.6 is 23.6 Å². The summed E-state index contributed by atoms with van der Waals surface area (Å²) < 4.78 is 0. The molecule has 1 atom stereocenters. The SMILES string of the molecule is CCNC(=S)N1N=C(c2ccccc2)CC1c1cccs1. The van der Waals surface area contributed by atoms with Crippen molar-refractivity contribution < 1.29 is 0 Å². The monoisotopic (exact) mass is 315 g/mol. The highest BCUT2D eigenvalue weighted by Gasteiger charge is 2.31. The number of thiophene rings is 1. The van der Waals surface area contributed by atoms with Gasteiger partial charge in [-0.25, -0.2) is 5.01 Å². The highest BCUT2D eigenvalue weighted by Crippen LogP contribution is 2.34. The molecule has 1 aliphatic rings. The molecule has 1 unspecified atom stereocenters. The highest BCUT2D eigenvalue weighted by molar-refractivity contribution is 7.80. The van der Waals surface area contributed by atoms with Crippen LogP contribution < -0.4 is 5.32 Å². The summed E-state index contributed by atoms with van der Waals surface area (Å²) in [6, 6.07) is 14.7. The number of benzene rings is 1. The quantitative estimate of drug-likeness (QED) is 0.873. The minimum Gasteiger partial charge on any atom is -0.361 e. The third-order valence-corrected chi connectivity index (χ3v) is 4.73. The van der Waals surface area contributed by atoms with Crippen LogP contribution in [0.1, 0.15) is 29.8 Å². The van der Waals surface area contributed by atoms with Gasteiger partial charge in [0.15, 0.2) is 5.11 Å². The van der Waals surface area contributed by atoms with Gasteiger partial charge < -0.3 is 5.32 Å². The van der Waals surface area contributed by atoms with E-state index >= 15 is 0 Å². The lowest BCUT2D eigenvalue weighted by atomic mass is 10.0. The van der Waals surface area contributed by atoms with E-state index in [0.29, 0.717) is 5.11 Å². The summed E-state index contributed by atoms with van der Waals surface area (Å²) in [5.41, 5.74) is 2.26. The first-order valence-electron chi connectivity index (χ1n) is 7.03. The Labute approximate surface area is 134 Å².